The number of nitrogens with one attached hydrogen (secondary N) is 1. The van der Waals surface area contributed by atoms with Crippen LogP contribution in [0.25, 0.3) is 11.4 Å². The first kappa shape index (κ1) is 17.4. The van der Waals surface area contributed by atoms with Crippen LogP contribution in [0.1, 0.15) is 17.9 Å². The van der Waals surface area contributed by atoms with Gasteiger partial charge >= 0.3 is 0 Å². The summed E-state index contributed by atoms with van der Waals surface area (Å²) in [5.74, 6) is 1.09. The van der Waals surface area contributed by atoms with Crippen molar-refractivity contribution in [2.24, 2.45) is 0 Å². The summed E-state index contributed by atoms with van der Waals surface area (Å²) in [5.41, 5.74) is 2.05. The van der Waals surface area contributed by atoms with Gasteiger partial charge in [0, 0.05) is 29.4 Å². The molecule has 6 heteroatoms. The van der Waals surface area contributed by atoms with Crippen LogP contribution in [0.3, 0.4) is 0 Å². The zero-order chi connectivity index (χ0) is 17.5. The first-order valence-electron chi connectivity index (χ1n) is 8.10. The molecule has 0 fully saturated rings. The van der Waals surface area contributed by atoms with Crippen molar-refractivity contribution in [2.45, 2.75) is 19.3 Å². The van der Waals surface area contributed by atoms with E-state index in [2.05, 4.69) is 31.4 Å². The number of aryl methyl sites for hydroxylation is 1. The molecule has 0 aliphatic heterocycles. The molecule has 0 unspecified atom stereocenters. The number of rotatable bonds is 7. The lowest BCUT2D eigenvalue weighted by Gasteiger charge is -2.03. The van der Waals surface area contributed by atoms with Gasteiger partial charge in [-0.1, -0.05) is 51.4 Å². The fourth-order valence-electron chi connectivity index (χ4n) is 2.37. The van der Waals surface area contributed by atoms with Gasteiger partial charge in [0.25, 0.3) is 0 Å². The first-order chi connectivity index (χ1) is 12.2. The van der Waals surface area contributed by atoms with Gasteiger partial charge < -0.3 is 9.84 Å². The van der Waals surface area contributed by atoms with Crippen LogP contribution in [0, 0.1) is 0 Å². The van der Waals surface area contributed by atoms with E-state index in [1.807, 2.05) is 54.6 Å². The molecule has 0 bridgehead atoms. The lowest BCUT2D eigenvalue weighted by Crippen LogP contribution is -2.25. The smallest absolute Gasteiger partial charge is 0.228 e. The third kappa shape index (κ3) is 5.26. The van der Waals surface area contributed by atoms with Crippen LogP contribution in [0.2, 0.25) is 0 Å². The van der Waals surface area contributed by atoms with Crippen LogP contribution in [0.5, 0.6) is 0 Å². The molecule has 0 aliphatic rings. The van der Waals surface area contributed by atoms with Gasteiger partial charge in [-0.25, -0.2) is 0 Å². The maximum absolute atomic E-state index is 11.9. The second-order valence-electron chi connectivity index (χ2n) is 5.60. The minimum Gasteiger partial charge on any atom is -0.356 e. The highest BCUT2D eigenvalue weighted by molar-refractivity contribution is 9.10. The summed E-state index contributed by atoms with van der Waals surface area (Å²) >= 11 is 3.39. The third-order valence-corrected chi connectivity index (χ3v) is 4.24. The van der Waals surface area contributed by atoms with Gasteiger partial charge in [-0.05, 0) is 36.2 Å². The van der Waals surface area contributed by atoms with Crippen molar-refractivity contribution in [1.29, 1.82) is 0 Å². The summed E-state index contributed by atoms with van der Waals surface area (Å²) in [7, 11) is 0. The fourth-order valence-corrected chi connectivity index (χ4v) is 2.64. The number of aromatic nitrogens is 2. The first-order valence-corrected chi connectivity index (χ1v) is 8.89. The number of carbonyl (C=O) groups is 1. The van der Waals surface area contributed by atoms with Crippen LogP contribution in [0.15, 0.2) is 63.6 Å². The molecule has 25 heavy (non-hydrogen) atoms. The van der Waals surface area contributed by atoms with Gasteiger partial charge in [-0.2, -0.15) is 4.98 Å². The maximum Gasteiger partial charge on any atom is 0.228 e. The predicted molar refractivity (Wildman–Crippen MR) is 98.9 cm³/mol. The molecule has 5 nitrogen and oxygen atoms in total. The van der Waals surface area contributed by atoms with E-state index in [9.17, 15) is 4.79 Å². The molecule has 0 saturated carbocycles. The Bertz CT molecular complexity index is 816. The van der Waals surface area contributed by atoms with Gasteiger partial charge in [0.1, 0.15) is 0 Å². The number of halogens is 1. The highest BCUT2D eigenvalue weighted by Crippen LogP contribution is 2.19. The topological polar surface area (TPSA) is 68.0 Å². The minimum atomic E-state index is 0.0245. The number of hydrogen-bond acceptors (Lipinski definition) is 4. The van der Waals surface area contributed by atoms with Crippen LogP contribution in [-0.2, 0) is 17.6 Å². The molecule has 1 N–H and O–H groups in total. The summed E-state index contributed by atoms with van der Waals surface area (Å²) in [6, 6.07) is 17.7. The standard InChI is InChI=1S/C19H18BrN3O2/c20-16-9-7-15(8-10-16)19-22-18(25-23-19)12-13-21-17(24)11-6-14-4-2-1-3-5-14/h1-5,7-10H,6,11-13H2,(H,21,24). The SMILES string of the molecule is O=C(CCc1ccccc1)NCCc1nc(-c2ccc(Br)cc2)no1. The van der Waals surface area contributed by atoms with Crippen LogP contribution in [0.4, 0.5) is 0 Å². The van der Waals surface area contributed by atoms with Gasteiger partial charge in [-0.15, -0.1) is 0 Å². The molecule has 1 amide bonds. The van der Waals surface area contributed by atoms with E-state index in [1.165, 1.54) is 0 Å². The summed E-state index contributed by atoms with van der Waals surface area (Å²) in [4.78, 5) is 16.2. The largest absolute Gasteiger partial charge is 0.356 e. The lowest BCUT2D eigenvalue weighted by molar-refractivity contribution is -0.121. The van der Waals surface area contributed by atoms with Crippen molar-refractivity contribution in [3.63, 3.8) is 0 Å². The van der Waals surface area contributed by atoms with Gasteiger partial charge in [-0.3, -0.25) is 4.79 Å². The van der Waals surface area contributed by atoms with E-state index in [-0.39, 0.29) is 5.91 Å². The van der Waals surface area contributed by atoms with E-state index in [0.717, 1.165) is 22.0 Å². The van der Waals surface area contributed by atoms with Crippen LogP contribution in [-0.4, -0.2) is 22.6 Å². The molecular weight excluding hydrogens is 382 g/mol. The molecule has 0 saturated heterocycles. The summed E-state index contributed by atoms with van der Waals surface area (Å²) in [6.07, 6.45) is 1.72. The number of nitrogens with zero attached hydrogens (tertiary/aromatic N) is 2. The Balaban J connectivity index is 1.43. The van der Waals surface area contributed by atoms with Crippen LogP contribution >= 0.6 is 15.9 Å². The average molecular weight is 400 g/mol. The van der Waals surface area contributed by atoms with Crippen LogP contribution < -0.4 is 5.32 Å². The van der Waals surface area contributed by atoms with Crippen molar-refractivity contribution in [3.05, 3.63) is 70.5 Å². The van der Waals surface area contributed by atoms with E-state index < -0.39 is 0 Å². The monoisotopic (exact) mass is 399 g/mol. The van der Waals surface area contributed by atoms with Crippen molar-refractivity contribution in [3.8, 4) is 11.4 Å². The molecule has 0 radical (unpaired) electrons. The van der Waals surface area contributed by atoms with E-state index in [0.29, 0.717) is 31.1 Å². The number of amides is 1. The molecule has 0 spiro atoms. The van der Waals surface area contributed by atoms with Gasteiger partial charge in [0.05, 0.1) is 0 Å². The summed E-state index contributed by atoms with van der Waals surface area (Å²) in [5, 5.41) is 6.86. The molecular formula is C19H18BrN3O2. The number of benzene rings is 2. The predicted octanol–water partition coefficient (Wildman–Crippen LogP) is 3.79. The van der Waals surface area contributed by atoms with Crippen molar-refractivity contribution < 1.29 is 9.32 Å². The molecule has 0 aliphatic carbocycles. The van der Waals surface area contributed by atoms with Crippen molar-refractivity contribution >= 4 is 21.8 Å². The number of hydrogen-bond donors (Lipinski definition) is 1. The zero-order valence-corrected chi connectivity index (χ0v) is 15.2. The van der Waals surface area contributed by atoms with Gasteiger partial charge in [0.2, 0.25) is 17.6 Å². The minimum absolute atomic E-state index is 0.0245. The quantitative estimate of drug-likeness (QED) is 0.655. The van der Waals surface area contributed by atoms with E-state index >= 15 is 0 Å². The highest BCUT2D eigenvalue weighted by atomic mass is 79.9. The maximum atomic E-state index is 11.9. The summed E-state index contributed by atoms with van der Waals surface area (Å²) in [6.45, 7) is 0.482. The van der Waals surface area contributed by atoms with E-state index in [4.69, 9.17) is 4.52 Å². The van der Waals surface area contributed by atoms with Crippen molar-refractivity contribution in [2.75, 3.05) is 6.54 Å². The third-order valence-electron chi connectivity index (χ3n) is 3.72. The Hall–Kier alpha value is -2.47. The Kier molecular flexibility index (Phi) is 5.95. The molecule has 1 heterocycles. The van der Waals surface area contributed by atoms with Crippen molar-refractivity contribution in [1.82, 2.24) is 15.5 Å². The highest BCUT2D eigenvalue weighted by Gasteiger charge is 2.09. The lowest BCUT2D eigenvalue weighted by atomic mass is 10.1. The zero-order valence-electron chi connectivity index (χ0n) is 13.6. The Labute approximate surface area is 154 Å². The number of carbonyl (C=O) groups excluding carboxylic acids is 1. The Morgan fingerprint density at radius 2 is 1.80 bits per heavy atom. The molecule has 0 atom stereocenters. The normalized spacial score (nSPS) is 10.6. The van der Waals surface area contributed by atoms with E-state index in [1.54, 1.807) is 0 Å². The Morgan fingerprint density at radius 3 is 2.56 bits per heavy atom. The molecule has 128 valence electrons. The molecule has 3 rings (SSSR count). The molecule has 3 aromatic rings. The second-order valence-corrected chi connectivity index (χ2v) is 6.52. The summed E-state index contributed by atoms with van der Waals surface area (Å²) < 4.78 is 6.23. The molecule has 1 aromatic heterocycles. The fraction of sp³-hybridized carbons (Fsp3) is 0.211. The average Bonchev–Trinajstić information content (AvgIpc) is 3.10. The van der Waals surface area contributed by atoms with Gasteiger partial charge in [0.15, 0.2) is 0 Å². The second kappa shape index (κ2) is 8.58. The Morgan fingerprint density at radius 1 is 1.04 bits per heavy atom. The molecule has 2 aromatic carbocycles.